The minimum atomic E-state index is -0.583. The van der Waals surface area contributed by atoms with Crippen LogP contribution >= 0.6 is 0 Å². The minimum Gasteiger partial charge on any atom is -0.466 e. The smallest absolute Gasteiger partial charge is 0.410 e. The topological polar surface area (TPSA) is 114 Å². The summed E-state index contributed by atoms with van der Waals surface area (Å²) >= 11 is 0. The van der Waals surface area contributed by atoms with E-state index in [2.05, 4.69) is 51.3 Å². The molecule has 3 fully saturated rings. The van der Waals surface area contributed by atoms with E-state index in [0.29, 0.717) is 37.8 Å². The van der Waals surface area contributed by atoms with Crippen molar-refractivity contribution in [3.8, 4) is 0 Å². The highest BCUT2D eigenvalue weighted by atomic mass is 16.6. The van der Waals surface area contributed by atoms with E-state index in [0.717, 1.165) is 54.8 Å². The van der Waals surface area contributed by atoms with Gasteiger partial charge in [0.15, 0.2) is 0 Å². The highest BCUT2D eigenvalue weighted by Crippen LogP contribution is 2.67. The number of nitrogens with zero attached hydrogens (tertiary/aromatic N) is 1. The zero-order valence-electron chi connectivity index (χ0n) is 35.7. The quantitative estimate of drug-likeness (QED) is 0.0819. The zero-order valence-corrected chi connectivity index (χ0v) is 35.7. The van der Waals surface area contributed by atoms with Gasteiger partial charge in [0.05, 0.1) is 13.0 Å². The molecule has 0 unspecified atom stereocenters. The lowest BCUT2D eigenvalue weighted by molar-refractivity contribution is -0.143. The Morgan fingerprint density at radius 3 is 2.26 bits per heavy atom. The number of allylic oxidation sites excluding steroid dienone is 1. The van der Waals surface area contributed by atoms with Crippen LogP contribution in [0.25, 0.3) is 0 Å². The number of rotatable bonds is 18. The maximum Gasteiger partial charge on any atom is 0.410 e. The van der Waals surface area contributed by atoms with E-state index in [1.54, 1.807) is 12.5 Å². The van der Waals surface area contributed by atoms with E-state index >= 15 is 0 Å². The van der Waals surface area contributed by atoms with Crippen LogP contribution in [0.4, 0.5) is 4.79 Å². The van der Waals surface area contributed by atoms with Crippen molar-refractivity contribution in [3.63, 3.8) is 0 Å². The molecule has 3 amide bonds. The van der Waals surface area contributed by atoms with Crippen LogP contribution in [0.3, 0.4) is 0 Å². The van der Waals surface area contributed by atoms with E-state index in [-0.39, 0.29) is 61.3 Å². The minimum absolute atomic E-state index is 0.100. The Labute approximate surface area is 328 Å². The number of fused-ring (bicyclic) bond motifs is 5. The lowest BCUT2D eigenvalue weighted by Crippen LogP contribution is -2.53. The molecule has 0 aromatic heterocycles. The van der Waals surface area contributed by atoms with Crippen molar-refractivity contribution in [2.24, 2.45) is 46.3 Å². The first-order valence-electron chi connectivity index (χ1n) is 21.9. The van der Waals surface area contributed by atoms with Crippen molar-refractivity contribution in [1.29, 1.82) is 0 Å². The van der Waals surface area contributed by atoms with Gasteiger partial charge in [-0.05, 0) is 138 Å². The van der Waals surface area contributed by atoms with Crippen molar-refractivity contribution in [1.82, 2.24) is 15.5 Å². The molecule has 9 nitrogen and oxygen atoms in total. The monoisotopic (exact) mass is 756 g/mol. The molecule has 54 heavy (non-hydrogen) atoms. The molecule has 4 rings (SSSR count). The molecule has 0 radical (unpaired) electrons. The number of esters is 1. The first-order valence-corrected chi connectivity index (χ1v) is 21.9. The molecule has 0 aromatic rings. The van der Waals surface area contributed by atoms with Crippen molar-refractivity contribution >= 4 is 23.9 Å². The van der Waals surface area contributed by atoms with E-state index in [4.69, 9.17) is 9.47 Å². The molecule has 0 heterocycles. The second kappa shape index (κ2) is 19.5. The van der Waals surface area contributed by atoms with Crippen LogP contribution in [0.2, 0.25) is 0 Å². The average molecular weight is 756 g/mol. The summed E-state index contributed by atoms with van der Waals surface area (Å²) in [6, 6.07) is 0.100. The standard InChI is InChI=1S/C45H77N3O6/c1-10-53-41(51)24-28-47-40(50)23-27-46-39(49)16-11-12-29-48(42(52)54-43(5,6)7)34-21-25-44(8)33(30-34)17-18-35-37-20-19-36(32(4)15-13-14-31(2)3)45(37,9)26-22-38(35)44/h17,31-32,34-38H,10-16,18-30H2,1-9H3,(H,46,49)(H,47,50)/t32-,34+,35+,36-,37+,38+,44+,45-/m1/s1. The van der Waals surface area contributed by atoms with Crippen LogP contribution in [0, 0.1) is 46.3 Å². The van der Waals surface area contributed by atoms with Gasteiger partial charge in [0, 0.05) is 38.5 Å². The van der Waals surface area contributed by atoms with Gasteiger partial charge in [0.1, 0.15) is 5.60 Å². The van der Waals surface area contributed by atoms with Crippen LogP contribution in [0.15, 0.2) is 11.6 Å². The molecule has 0 aromatic carbocycles. The average Bonchev–Trinajstić information content (AvgIpc) is 3.44. The molecule has 4 aliphatic rings. The van der Waals surface area contributed by atoms with Crippen LogP contribution in [-0.4, -0.2) is 66.7 Å². The van der Waals surface area contributed by atoms with Crippen molar-refractivity contribution in [2.75, 3.05) is 26.2 Å². The number of amides is 3. The van der Waals surface area contributed by atoms with Gasteiger partial charge in [-0.25, -0.2) is 4.79 Å². The summed E-state index contributed by atoms with van der Waals surface area (Å²) in [4.78, 5) is 51.7. The summed E-state index contributed by atoms with van der Waals surface area (Å²) in [7, 11) is 0. The van der Waals surface area contributed by atoms with E-state index in [1.165, 1.54) is 51.4 Å². The number of nitrogens with one attached hydrogen (secondary N) is 2. The first-order chi connectivity index (χ1) is 25.5. The predicted molar refractivity (Wildman–Crippen MR) is 216 cm³/mol. The van der Waals surface area contributed by atoms with Gasteiger partial charge in [-0.2, -0.15) is 0 Å². The maximum atomic E-state index is 13.7. The summed E-state index contributed by atoms with van der Waals surface area (Å²) in [5.74, 6) is 4.15. The summed E-state index contributed by atoms with van der Waals surface area (Å²) in [6.07, 6.45) is 18.1. The van der Waals surface area contributed by atoms with Gasteiger partial charge in [-0.1, -0.05) is 65.5 Å². The summed E-state index contributed by atoms with van der Waals surface area (Å²) < 4.78 is 10.8. The molecule has 8 atom stereocenters. The Morgan fingerprint density at radius 1 is 0.870 bits per heavy atom. The Hall–Kier alpha value is -2.58. The highest BCUT2D eigenvalue weighted by Gasteiger charge is 2.59. The van der Waals surface area contributed by atoms with Crippen LogP contribution < -0.4 is 10.6 Å². The summed E-state index contributed by atoms with van der Waals surface area (Å²) in [6.45, 7) is 21.3. The summed E-state index contributed by atoms with van der Waals surface area (Å²) in [5.41, 5.74) is 1.67. The number of carbonyl (C=O) groups is 4. The molecule has 0 saturated heterocycles. The normalized spacial score (nSPS) is 29.6. The molecular formula is C45H77N3O6. The fourth-order valence-electron chi connectivity index (χ4n) is 11.3. The van der Waals surface area contributed by atoms with E-state index in [9.17, 15) is 19.2 Å². The SMILES string of the molecule is CCOC(=O)CCNC(=O)CCNC(=O)CCCCN(C(=O)OC(C)(C)C)[C@H]1CC[C@@]2(C)C(=CC[C@H]3[C@@H]4CC[C@H]([C@H](C)CCCC(C)C)[C@@]4(C)CC[C@@H]32)C1. The molecule has 3 saturated carbocycles. The van der Waals surface area contributed by atoms with E-state index in [1.807, 2.05) is 25.7 Å². The number of carbonyl (C=O) groups excluding carboxylic acids is 4. The van der Waals surface area contributed by atoms with E-state index < -0.39 is 5.60 Å². The fraction of sp³-hybridized carbons (Fsp3) is 0.867. The van der Waals surface area contributed by atoms with Crippen molar-refractivity contribution in [3.05, 3.63) is 11.6 Å². The van der Waals surface area contributed by atoms with Gasteiger partial charge >= 0.3 is 12.1 Å². The Kier molecular flexibility index (Phi) is 16.0. The molecule has 308 valence electrons. The lowest BCUT2D eigenvalue weighted by atomic mass is 9.46. The molecular weight excluding hydrogens is 679 g/mol. The number of ether oxygens (including phenoxy) is 2. The highest BCUT2D eigenvalue weighted by molar-refractivity contribution is 5.79. The Morgan fingerprint density at radius 2 is 1.57 bits per heavy atom. The number of hydrogen-bond acceptors (Lipinski definition) is 6. The van der Waals surface area contributed by atoms with Gasteiger partial charge in [0.2, 0.25) is 11.8 Å². The number of unbranched alkanes of at least 4 members (excludes halogenated alkanes) is 1. The van der Waals surface area contributed by atoms with Gasteiger partial charge in [-0.15, -0.1) is 0 Å². The molecule has 2 N–H and O–H groups in total. The largest absolute Gasteiger partial charge is 0.466 e. The lowest BCUT2D eigenvalue weighted by Gasteiger charge is -2.59. The molecule has 0 bridgehead atoms. The Bertz CT molecular complexity index is 1310. The van der Waals surface area contributed by atoms with Crippen LogP contribution in [0.5, 0.6) is 0 Å². The second-order valence-corrected chi connectivity index (χ2v) is 19.3. The zero-order chi connectivity index (χ0) is 39.7. The van der Waals surface area contributed by atoms with Gasteiger partial charge in [0.25, 0.3) is 0 Å². The van der Waals surface area contributed by atoms with Crippen LogP contribution in [-0.2, 0) is 23.9 Å². The van der Waals surface area contributed by atoms with Crippen molar-refractivity contribution < 1.29 is 28.7 Å². The molecule has 0 spiro atoms. The summed E-state index contributed by atoms with van der Waals surface area (Å²) in [5, 5.41) is 5.51. The molecule has 0 aliphatic heterocycles. The fourth-order valence-corrected chi connectivity index (χ4v) is 11.3. The van der Waals surface area contributed by atoms with Crippen molar-refractivity contribution in [2.45, 2.75) is 177 Å². The maximum absolute atomic E-state index is 13.7. The third-order valence-electron chi connectivity index (χ3n) is 14.0. The predicted octanol–water partition coefficient (Wildman–Crippen LogP) is 9.38. The van der Waals surface area contributed by atoms with Gasteiger partial charge in [-0.3, -0.25) is 14.4 Å². The third-order valence-corrected chi connectivity index (χ3v) is 14.0. The third kappa shape index (κ3) is 11.5. The Balaban J connectivity index is 1.30. The van der Waals surface area contributed by atoms with Gasteiger partial charge < -0.3 is 25.0 Å². The first kappa shape index (κ1) is 44.1. The number of hydrogen-bond donors (Lipinski definition) is 2. The van der Waals surface area contributed by atoms with Crippen LogP contribution in [0.1, 0.15) is 165 Å². The molecule has 4 aliphatic carbocycles. The second-order valence-electron chi connectivity index (χ2n) is 19.3. The molecule has 9 heteroatoms.